The molecule has 0 saturated heterocycles. The number of rotatable bonds is 4. The van der Waals surface area contributed by atoms with E-state index in [1.54, 1.807) is 18.2 Å². The fourth-order valence-corrected chi connectivity index (χ4v) is 1.73. The largest absolute Gasteiger partial charge is 0.504 e. The number of phenols is 1. The van der Waals surface area contributed by atoms with Crippen LogP contribution in [-0.4, -0.2) is 18.0 Å². The molecule has 0 aliphatic heterocycles. The number of hydrogen-bond donors (Lipinski definition) is 1. The minimum Gasteiger partial charge on any atom is -0.504 e. The number of carbonyl (C=O) groups is 1. The van der Waals surface area contributed by atoms with Gasteiger partial charge in [-0.1, -0.05) is 24.3 Å². The van der Waals surface area contributed by atoms with Crippen LogP contribution in [0.4, 0.5) is 4.39 Å². The Labute approximate surface area is 115 Å². The van der Waals surface area contributed by atoms with Crippen molar-refractivity contribution in [1.82, 2.24) is 0 Å². The molecule has 0 fully saturated rings. The van der Waals surface area contributed by atoms with Crippen LogP contribution in [0.2, 0.25) is 0 Å². The number of benzene rings is 2. The third kappa shape index (κ3) is 3.03. The van der Waals surface area contributed by atoms with E-state index in [4.69, 9.17) is 4.74 Å². The number of halogens is 1. The van der Waals surface area contributed by atoms with Crippen LogP contribution in [0.5, 0.6) is 11.5 Å². The zero-order chi connectivity index (χ0) is 14.5. The summed E-state index contributed by atoms with van der Waals surface area (Å²) in [5.41, 5.74) is 0.634. The van der Waals surface area contributed by atoms with Gasteiger partial charge in [-0.05, 0) is 35.9 Å². The third-order valence-corrected chi connectivity index (χ3v) is 2.77. The van der Waals surface area contributed by atoms with E-state index in [9.17, 15) is 14.3 Å². The van der Waals surface area contributed by atoms with Crippen molar-refractivity contribution in [2.45, 2.75) is 0 Å². The van der Waals surface area contributed by atoms with Gasteiger partial charge in [-0.15, -0.1) is 0 Å². The van der Waals surface area contributed by atoms with E-state index in [1.165, 1.54) is 43.5 Å². The van der Waals surface area contributed by atoms with Crippen LogP contribution < -0.4 is 4.74 Å². The number of aromatic hydroxyl groups is 1. The lowest BCUT2D eigenvalue weighted by Gasteiger charge is -2.03. The van der Waals surface area contributed by atoms with Gasteiger partial charge in [0.25, 0.3) is 0 Å². The molecule has 0 aromatic heterocycles. The summed E-state index contributed by atoms with van der Waals surface area (Å²) in [4.78, 5) is 11.8. The van der Waals surface area contributed by atoms with Gasteiger partial charge in [0.1, 0.15) is 5.82 Å². The zero-order valence-corrected chi connectivity index (χ0v) is 10.8. The molecule has 0 aliphatic rings. The van der Waals surface area contributed by atoms with Gasteiger partial charge >= 0.3 is 0 Å². The van der Waals surface area contributed by atoms with Crippen molar-refractivity contribution in [2.75, 3.05) is 7.11 Å². The average molecular weight is 272 g/mol. The van der Waals surface area contributed by atoms with E-state index >= 15 is 0 Å². The van der Waals surface area contributed by atoms with Crippen LogP contribution in [0, 0.1) is 5.82 Å². The Morgan fingerprint density at radius 3 is 2.65 bits per heavy atom. The summed E-state index contributed by atoms with van der Waals surface area (Å²) in [6, 6.07) is 10.5. The van der Waals surface area contributed by atoms with Crippen LogP contribution in [0.3, 0.4) is 0 Å². The minimum atomic E-state index is -0.556. The van der Waals surface area contributed by atoms with Crippen molar-refractivity contribution >= 4 is 11.9 Å². The van der Waals surface area contributed by atoms with E-state index in [0.29, 0.717) is 11.3 Å². The van der Waals surface area contributed by atoms with Gasteiger partial charge in [-0.2, -0.15) is 0 Å². The lowest BCUT2D eigenvalue weighted by atomic mass is 10.1. The molecule has 0 unspecified atom stereocenters. The van der Waals surface area contributed by atoms with Crippen molar-refractivity contribution in [3.05, 3.63) is 65.5 Å². The predicted octanol–water partition coefficient (Wildman–Crippen LogP) is 3.44. The highest BCUT2D eigenvalue weighted by atomic mass is 19.1. The molecule has 3 nitrogen and oxygen atoms in total. The highest BCUT2D eigenvalue weighted by molar-refractivity contribution is 6.07. The molecular weight excluding hydrogens is 259 g/mol. The number of carbonyl (C=O) groups excluding carboxylic acids is 1. The van der Waals surface area contributed by atoms with Crippen molar-refractivity contribution in [3.63, 3.8) is 0 Å². The highest BCUT2D eigenvalue weighted by Gasteiger charge is 2.07. The predicted molar refractivity (Wildman–Crippen MR) is 74.4 cm³/mol. The van der Waals surface area contributed by atoms with E-state index in [2.05, 4.69) is 0 Å². The summed E-state index contributed by atoms with van der Waals surface area (Å²) in [5.74, 6) is -0.659. The molecule has 2 aromatic rings. The van der Waals surface area contributed by atoms with Crippen molar-refractivity contribution in [2.24, 2.45) is 0 Å². The Kier molecular flexibility index (Phi) is 4.15. The van der Waals surface area contributed by atoms with E-state index in [1.807, 2.05) is 0 Å². The molecule has 0 heterocycles. The molecular formula is C16H13FO3. The van der Waals surface area contributed by atoms with Crippen molar-refractivity contribution in [3.8, 4) is 11.5 Å². The Morgan fingerprint density at radius 2 is 2.00 bits per heavy atom. The number of hydrogen-bond acceptors (Lipinski definition) is 3. The first kappa shape index (κ1) is 13.8. The van der Waals surface area contributed by atoms with E-state index in [-0.39, 0.29) is 11.3 Å². The molecule has 1 N–H and O–H groups in total. The molecule has 2 rings (SSSR count). The van der Waals surface area contributed by atoms with Gasteiger partial charge in [0.15, 0.2) is 17.3 Å². The molecule has 0 radical (unpaired) electrons. The summed E-state index contributed by atoms with van der Waals surface area (Å²) in [6.45, 7) is 0. The lowest BCUT2D eigenvalue weighted by Crippen LogP contribution is -1.97. The minimum absolute atomic E-state index is 0.0153. The molecule has 0 amide bonds. The Balaban J connectivity index is 2.19. The number of methoxy groups -OCH3 is 1. The topological polar surface area (TPSA) is 46.5 Å². The Bertz CT molecular complexity index is 663. The second-order valence-corrected chi connectivity index (χ2v) is 4.11. The van der Waals surface area contributed by atoms with Crippen LogP contribution in [0.25, 0.3) is 6.08 Å². The van der Waals surface area contributed by atoms with Gasteiger partial charge in [-0.25, -0.2) is 4.39 Å². The lowest BCUT2D eigenvalue weighted by molar-refractivity contribution is 0.104. The highest BCUT2D eigenvalue weighted by Crippen LogP contribution is 2.26. The monoisotopic (exact) mass is 272 g/mol. The first-order chi connectivity index (χ1) is 9.61. The second-order valence-electron chi connectivity index (χ2n) is 4.11. The van der Waals surface area contributed by atoms with Gasteiger partial charge in [-0.3, -0.25) is 4.79 Å². The quantitative estimate of drug-likeness (QED) is 0.685. The van der Waals surface area contributed by atoms with Gasteiger partial charge < -0.3 is 9.84 Å². The van der Waals surface area contributed by atoms with Gasteiger partial charge in [0, 0.05) is 0 Å². The summed E-state index contributed by atoms with van der Waals surface area (Å²) in [5, 5.41) is 9.61. The summed E-state index contributed by atoms with van der Waals surface area (Å²) in [6.07, 6.45) is 2.77. The normalized spacial score (nSPS) is 10.7. The average Bonchev–Trinajstić information content (AvgIpc) is 2.45. The number of allylic oxidation sites excluding steroid dienone is 1. The van der Waals surface area contributed by atoms with Crippen LogP contribution >= 0.6 is 0 Å². The standard InChI is InChI=1S/C16H13FO3/c1-20-16-9-7-11(10-15(16)19)6-8-14(18)12-4-2-3-5-13(12)17/h2-10,19H,1H3/b8-6+. The summed E-state index contributed by atoms with van der Waals surface area (Å²) < 4.78 is 18.3. The Morgan fingerprint density at radius 1 is 1.25 bits per heavy atom. The molecule has 0 aliphatic carbocycles. The van der Waals surface area contributed by atoms with Crippen molar-refractivity contribution in [1.29, 1.82) is 0 Å². The maximum Gasteiger partial charge on any atom is 0.188 e. The molecule has 4 heteroatoms. The Hall–Kier alpha value is -2.62. The molecule has 0 bridgehead atoms. The van der Waals surface area contributed by atoms with Gasteiger partial charge in [0.2, 0.25) is 0 Å². The summed E-state index contributed by atoms with van der Waals surface area (Å²) >= 11 is 0. The maximum atomic E-state index is 13.4. The first-order valence-electron chi connectivity index (χ1n) is 5.96. The zero-order valence-electron chi connectivity index (χ0n) is 10.8. The molecule has 0 saturated carbocycles. The van der Waals surface area contributed by atoms with Gasteiger partial charge in [0.05, 0.1) is 12.7 Å². The molecule has 0 spiro atoms. The molecule has 2 aromatic carbocycles. The molecule has 102 valence electrons. The van der Waals surface area contributed by atoms with Crippen LogP contribution in [0.1, 0.15) is 15.9 Å². The van der Waals surface area contributed by atoms with E-state index in [0.717, 1.165) is 0 Å². The number of phenolic OH excluding ortho intramolecular Hbond substituents is 1. The summed E-state index contributed by atoms with van der Waals surface area (Å²) in [7, 11) is 1.45. The number of ketones is 1. The van der Waals surface area contributed by atoms with Crippen LogP contribution in [0.15, 0.2) is 48.5 Å². The maximum absolute atomic E-state index is 13.4. The number of ether oxygens (including phenoxy) is 1. The van der Waals surface area contributed by atoms with Crippen LogP contribution in [-0.2, 0) is 0 Å². The fraction of sp³-hybridized carbons (Fsp3) is 0.0625. The van der Waals surface area contributed by atoms with Crippen molar-refractivity contribution < 1.29 is 19.0 Å². The molecule has 20 heavy (non-hydrogen) atoms. The fourth-order valence-electron chi connectivity index (χ4n) is 1.73. The molecule has 0 atom stereocenters. The smallest absolute Gasteiger partial charge is 0.188 e. The SMILES string of the molecule is COc1ccc(/C=C/C(=O)c2ccccc2F)cc1O. The third-order valence-electron chi connectivity index (χ3n) is 2.77. The van der Waals surface area contributed by atoms with E-state index < -0.39 is 11.6 Å². The second kappa shape index (κ2) is 6.02. The first-order valence-corrected chi connectivity index (χ1v) is 5.96.